The van der Waals surface area contributed by atoms with Gasteiger partial charge < -0.3 is 10.2 Å². The summed E-state index contributed by atoms with van der Waals surface area (Å²) >= 11 is 0. The highest BCUT2D eigenvalue weighted by atomic mass is 32.2. The van der Waals surface area contributed by atoms with Crippen LogP contribution in [-0.2, 0) is 16.6 Å². The van der Waals surface area contributed by atoms with Crippen LogP contribution >= 0.6 is 0 Å². The Labute approximate surface area is 168 Å². The van der Waals surface area contributed by atoms with Crippen LogP contribution in [0.25, 0.3) is 0 Å². The monoisotopic (exact) mass is 422 g/mol. The van der Waals surface area contributed by atoms with Gasteiger partial charge in [0.15, 0.2) is 0 Å². The fraction of sp³-hybridized carbons (Fsp3) is 0.412. The highest BCUT2D eigenvalue weighted by molar-refractivity contribution is 7.89. The molecule has 0 bridgehead atoms. The van der Waals surface area contributed by atoms with E-state index in [9.17, 15) is 23.3 Å². The summed E-state index contributed by atoms with van der Waals surface area (Å²) in [7, 11) is -3.85. The topological polar surface area (TPSA) is 131 Å². The second-order valence-electron chi connectivity index (χ2n) is 6.50. The first-order chi connectivity index (χ1) is 13.9. The third-order valence-corrected chi connectivity index (χ3v) is 6.49. The number of nitro groups is 1. The van der Waals surface area contributed by atoms with Gasteiger partial charge in [0, 0.05) is 63.8 Å². The molecule has 12 heteroatoms. The second-order valence-corrected chi connectivity index (χ2v) is 8.44. The number of piperazine rings is 1. The van der Waals surface area contributed by atoms with E-state index in [1.165, 1.54) is 22.5 Å². The number of carbonyl (C=O) groups excluding carboxylic acids is 1. The van der Waals surface area contributed by atoms with E-state index in [0.29, 0.717) is 13.1 Å². The standard InChI is InChI=1S/C17H22N6O5S/c24-17(18-6-2-8-21-9-3-7-19-21)20-10-12-22(13-11-20)29(27,28)16-5-1-4-15(14-16)23(25)26/h1,3-5,7,9,14H,2,6,8,10-13H2,(H,18,24). The molecule has 3 rings (SSSR count). The summed E-state index contributed by atoms with van der Waals surface area (Å²) in [5.41, 5.74) is -0.279. The molecule has 0 unspecified atom stereocenters. The number of carbonyl (C=O) groups is 1. The number of benzene rings is 1. The van der Waals surface area contributed by atoms with Crippen LogP contribution in [0, 0.1) is 10.1 Å². The molecule has 0 aliphatic carbocycles. The molecule has 2 amide bonds. The molecule has 156 valence electrons. The third-order valence-electron chi connectivity index (χ3n) is 4.59. The Balaban J connectivity index is 1.49. The number of hydrogen-bond acceptors (Lipinski definition) is 6. The third kappa shape index (κ3) is 5.09. The summed E-state index contributed by atoms with van der Waals surface area (Å²) in [5, 5.41) is 17.8. The van der Waals surface area contributed by atoms with Gasteiger partial charge in [-0.25, -0.2) is 13.2 Å². The number of urea groups is 1. The largest absolute Gasteiger partial charge is 0.338 e. The normalized spacial score (nSPS) is 15.2. The van der Waals surface area contributed by atoms with Crippen LogP contribution in [0.15, 0.2) is 47.6 Å². The highest BCUT2D eigenvalue weighted by Gasteiger charge is 2.30. The van der Waals surface area contributed by atoms with Crippen molar-refractivity contribution in [3.05, 3.63) is 52.8 Å². The fourth-order valence-corrected chi connectivity index (χ4v) is 4.48. The number of nitrogens with zero attached hydrogens (tertiary/aromatic N) is 5. The van der Waals surface area contributed by atoms with Gasteiger partial charge in [0.1, 0.15) is 0 Å². The molecule has 1 aliphatic rings. The van der Waals surface area contributed by atoms with Crippen molar-refractivity contribution in [3.63, 3.8) is 0 Å². The second kappa shape index (κ2) is 9.01. The molecule has 0 atom stereocenters. The molecule has 1 aliphatic heterocycles. The maximum Gasteiger partial charge on any atom is 0.317 e. The Hall–Kier alpha value is -2.99. The Morgan fingerprint density at radius 1 is 1.21 bits per heavy atom. The number of rotatable bonds is 7. The molecule has 1 aromatic heterocycles. The molecule has 29 heavy (non-hydrogen) atoms. The molecule has 2 aromatic rings. The number of aromatic nitrogens is 2. The molecule has 1 N–H and O–H groups in total. The lowest BCUT2D eigenvalue weighted by atomic mass is 10.3. The first-order valence-electron chi connectivity index (χ1n) is 9.13. The average molecular weight is 422 g/mol. The molecule has 0 saturated carbocycles. The van der Waals surface area contributed by atoms with Crippen LogP contribution in [0.1, 0.15) is 6.42 Å². The fourth-order valence-electron chi connectivity index (χ4n) is 3.02. The highest BCUT2D eigenvalue weighted by Crippen LogP contribution is 2.22. The van der Waals surface area contributed by atoms with Crippen molar-refractivity contribution in [1.29, 1.82) is 0 Å². The summed E-state index contributed by atoms with van der Waals surface area (Å²) < 4.78 is 28.5. The zero-order valence-corrected chi connectivity index (χ0v) is 16.5. The van der Waals surface area contributed by atoms with Crippen molar-refractivity contribution >= 4 is 21.7 Å². The van der Waals surface area contributed by atoms with Crippen LogP contribution < -0.4 is 5.32 Å². The number of sulfonamides is 1. The maximum atomic E-state index is 12.7. The Bertz CT molecular complexity index is 954. The van der Waals surface area contributed by atoms with Crippen molar-refractivity contribution in [2.45, 2.75) is 17.9 Å². The summed E-state index contributed by atoms with van der Waals surface area (Å²) in [6.07, 6.45) is 4.27. The van der Waals surface area contributed by atoms with E-state index in [0.717, 1.165) is 12.5 Å². The predicted molar refractivity (Wildman–Crippen MR) is 104 cm³/mol. The van der Waals surface area contributed by atoms with Gasteiger partial charge >= 0.3 is 6.03 Å². The van der Waals surface area contributed by atoms with Crippen LogP contribution in [0.4, 0.5) is 10.5 Å². The zero-order chi connectivity index (χ0) is 20.9. The van der Waals surface area contributed by atoms with Gasteiger partial charge in [-0.2, -0.15) is 9.40 Å². The summed E-state index contributed by atoms with van der Waals surface area (Å²) in [6, 6.07) is 6.57. The minimum absolute atomic E-state index is 0.122. The maximum absolute atomic E-state index is 12.7. The van der Waals surface area contributed by atoms with Crippen LogP contribution in [0.3, 0.4) is 0 Å². The summed E-state index contributed by atoms with van der Waals surface area (Å²) in [4.78, 5) is 24.0. The summed E-state index contributed by atoms with van der Waals surface area (Å²) in [6.45, 7) is 1.95. The SMILES string of the molecule is O=C(NCCCn1cccn1)N1CCN(S(=O)(=O)c2cccc([N+](=O)[O-])c2)CC1. The van der Waals surface area contributed by atoms with Gasteiger partial charge in [0.05, 0.1) is 9.82 Å². The Kier molecular flexibility index (Phi) is 6.44. The van der Waals surface area contributed by atoms with Crippen molar-refractivity contribution < 1.29 is 18.1 Å². The van der Waals surface area contributed by atoms with Gasteiger partial charge in [-0.3, -0.25) is 14.8 Å². The molecular weight excluding hydrogens is 400 g/mol. The molecular formula is C17H22N6O5S. The van der Waals surface area contributed by atoms with E-state index < -0.39 is 14.9 Å². The van der Waals surface area contributed by atoms with Crippen LogP contribution in [0.2, 0.25) is 0 Å². The first-order valence-corrected chi connectivity index (χ1v) is 10.6. The van der Waals surface area contributed by atoms with Gasteiger partial charge in [0.2, 0.25) is 10.0 Å². The van der Waals surface area contributed by atoms with Crippen LogP contribution in [0.5, 0.6) is 0 Å². The van der Waals surface area contributed by atoms with E-state index in [4.69, 9.17) is 0 Å². The van der Waals surface area contributed by atoms with Crippen molar-refractivity contribution in [3.8, 4) is 0 Å². The van der Waals surface area contributed by atoms with E-state index in [-0.39, 0.29) is 42.8 Å². The van der Waals surface area contributed by atoms with Gasteiger partial charge in [-0.05, 0) is 18.6 Å². The first kappa shape index (κ1) is 20.7. The number of amides is 2. The minimum atomic E-state index is -3.85. The van der Waals surface area contributed by atoms with Crippen molar-refractivity contribution in [2.24, 2.45) is 0 Å². The molecule has 1 fully saturated rings. The van der Waals surface area contributed by atoms with Crippen molar-refractivity contribution in [1.82, 2.24) is 24.3 Å². The summed E-state index contributed by atoms with van der Waals surface area (Å²) in [5.74, 6) is 0. The number of hydrogen-bond donors (Lipinski definition) is 1. The Morgan fingerprint density at radius 3 is 2.62 bits per heavy atom. The van der Waals surface area contributed by atoms with Gasteiger partial charge in [0.25, 0.3) is 5.69 Å². The van der Waals surface area contributed by atoms with Crippen molar-refractivity contribution in [2.75, 3.05) is 32.7 Å². The van der Waals surface area contributed by atoms with Crippen LogP contribution in [-0.4, -0.2) is 71.1 Å². The average Bonchev–Trinajstić information content (AvgIpc) is 3.25. The lowest BCUT2D eigenvalue weighted by Gasteiger charge is -2.34. The zero-order valence-electron chi connectivity index (χ0n) is 15.7. The minimum Gasteiger partial charge on any atom is -0.338 e. The number of nitrogens with one attached hydrogen (secondary N) is 1. The number of aryl methyl sites for hydroxylation is 1. The molecule has 1 saturated heterocycles. The van der Waals surface area contributed by atoms with E-state index in [1.54, 1.807) is 15.8 Å². The molecule has 2 heterocycles. The number of nitro benzene ring substituents is 1. The van der Waals surface area contributed by atoms with Gasteiger partial charge in [-0.1, -0.05) is 6.07 Å². The van der Waals surface area contributed by atoms with E-state index >= 15 is 0 Å². The predicted octanol–water partition coefficient (Wildman–Crippen LogP) is 0.897. The lowest BCUT2D eigenvalue weighted by molar-refractivity contribution is -0.385. The number of non-ortho nitro benzene ring substituents is 1. The smallest absolute Gasteiger partial charge is 0.317 e. The van der Waals surface area contributed by atoms with E-state index in [2.05, 4.69) is 10.4 Å². The molecule has 1 aromatic carbocycles. The molecule has 0 radical (unpaired) electrons. The Morgan fingerprint density at radius 2 is 1.97 bits per heavy atom. The van der Waals surface area contributed by atoms with Gasteiger partial charge in [-0.15, -0.1) is 0 Å². The quantitative estimate of drug-likeness (QED) is 0.401. The molecule has 11 nitrogen and oxygen atoms in total. The molecule has 0 spiro atoms. The van der Waals surface area contributed by atoms with E-state index in [1.807, 2.05) is 12.3 Å². The lowest BCUT2D eigenvalue weighted by Crippen LogP contribution is -2.53.